The Labute approximate surface area is 131 Å². The largest absolute Gasteiger partial charge is 0.351 e. The highest BCUT2D eigenvalue weighted by atomic mass is 32.2. The van der Waals surface area contributed by atoms with E-state index in [2.05, 4.69) is 55.6 Å². The summed E-state index contributed by atoms with van der Waals surface area (Å²) < 4.78 is 0. The molecule has 0 saturated heterocycles. The number of benzene rings is 2. The number of carbonyl (C=O) groups is 1. The molecule has 0 unspecified atom stereocenters. The van der Waals surface area contributed by atoms with Gasteiger partial charge in [0.25, 0.3) is 0 Å². The van der Waals surface area contributed by atoms with E-state index in [1.807, 2.05) is 19.1 Å². The predicted molar refractivity (Wildman–Crippen MR) is 89.5 cm³/mol. The first-order valence-corrected chi connectivity index (χ1v) is 7.99. The zero-order valence-corrected chi connectivity index (χ0v) is 13.5. The van der Waals surface area contributed by atoms with Crippen LogP contribution in [0.25, 0.3) is 0 Å². The molecular formula is C18H21NOS. The topological polar surface area (TPSA) is 29.1 Å². The number of hydrogen-bond acceptors (Lipinski definition) is 2. The van der Waals surface area contributed by atoms with E-state index in [0.29, 0.717) is 6.54 Å². The van der Waals surface area contributed by atoms with Crippen LogP contribution >= 0.6 is 11.8 Å². The van der Waals surface area contributed by atoms with Crippen molar-refractivity contribution in [2.45, 2.75) is 37.5 Å². The van der Waals surface area contributed by atoms with Crippen molar-refractivity contribution in [1.82, 2.24) is 5.32 Å². The molecule has 2 rings (SSSR count). The van der Waals surface area contributed by atoms with E-state index < -0.39 is 0 Å². The standard InChI is InChI=1S/C18H21NOS/c1-13-7-9-17(10-8-13)21-15(3)18(20)19-12-16-6-4-5-14(2)11-16/h4-11,15H,12H2,1-3H3,(H,19,20)/t15-/m0/s1. The summed E-state index contributed by atoms with van der Waals surface area (Å²) in [5.41, 5.74) is 3.58. The van der Waals surface area contributed by atoms with Crippen molar-refractivity contribution < 1.29 is 4.79 Å². The van der Waals surface area contributed by atoms with Crippen LogP contribution in [-0.2, 0) is 11.3 Å². The Morgan fingerprint density at radius 2 is 1.81 bits per heavy atom. The van der Waals surface area contributed by atoms with E-state index in [1.165, 1.54) is 11.1 Å². The second kappa shape index (κ2) is 7.32. The van der Waals surface area contributed by atoms with Crippen LogP contribution in [0.2, 0.25) is 0 Å². The van der Waals surface area contributed by atoms with Gasteiger partial charge in [0.2, 0.25) is 5.91 Å². The fourth-order valence-corrected chi connectivity index (χ4v) is 2.92. The van der Waals surface area contributed by atoms with E-state index in [1.54, 1.807) is 11.8 Å². The number of carbonyl (C=O) groups excluding carboxylic acids is 1. The van der Waals surface area contributed by atoms with E-state index in [4.69, 9.17) is 0 Å². The zero-order valence-electron chi connectivity index (χ0n) is 12.7. The van der Waals surface area contributed by atoms with Gasteiger partial charge in [0, 0.05) is 11.4 Å². The fourth-order valence-electron chi connectivity index (χ4n) is 2.03. The molecule has 21 heavy (non-hydrogen) atoms. The lowest BCUT2D eigenvalue weighted by Crippen LogP contribution is -2.30. The molecule has 0 bridgehead atoms. The molecule has 0 heterocycles. The molecule has 2 nitrogen and oxygen atoms in total. The molecule has 1 N–H and O–H groups in total. The third-order valence-corrected chi connectivity index (χ3v) is 4.36. The van der Waals surface area contributed by atoms with Crippen LogP contribution in [0.4, 0.5) is 0 Å². The lowest BCUT2D eigenvalue weighted by molar-refractivity contribution is -0.120. The van der Waals surface area contributed by atoms with Crippen LogP contribution in [0.15, 0.2) is 53.4 Å². The summed E-state index contributed by atoms with van der Waals surface area (Å²) in [5.74, 6) is 0.0714. The Bertz CT molecular complexity index is 607. The minimum Gasteiger partial charge on any atom is -0.351 e. The van der Waals surface area contributed by atoms with Crippen LogP contribution < -0.4 is 5.32 Å². The molecule has 0 saturated carbocycles. The Morgan fingerprint density at radius 1 is 1.10 bits per heavy atom. The first kappa shape index (κ1) is 15.6. The molecule has 0 aliphatic rings. The predicted octanol–water partition coefficient (Wildman–Crippen LogP) is 4.10. The summed E-state index contributed by atoms with van der Waals surface area (Å²) in [7, 11) is 0. The third-order valence-electron chi connectivity index (χ3n) is 3.25. The number of aryl methyl sites for hydroxylation is 2. The van der Waals surface area contributed by atoms with Crippen LogP contribution in [0, 0.1) is 13.8 Å². The van der Waals surface area contributed by atoms with Crippen molar-refractivity contribution in [1.29, 1.82) is 0 Å². The fraction of sp³-hybridized carbons (Fsp3) is 0.278. The van der Waals surface area contributed by atoms with Crippen molar-refractivity contribution in [3.8, 4) is 0 Å². The first-order chi connectivity index (χ1) is 10.0. The quantitative estimate of drug-likeness (QED) is 0.842. The van der Waals surface area contributed by atoms with Gasteiger partial charge in [0.15, 0.2) is 0 Å². The number of nitrogens with one attached hydrogen (secondary N) is 1. The normalized spacial score (nSPS) is 12.0. The Balaban J connectivity index is 1.86. The molecule has 2 aromatic carbocycles. The van der Waals surface area contributed by atoms with E-state index in [9.17, 15) is 4.79 Å². The Morgan fingerprint density at radius 3 is 2.48 bits per heavy atom. The van der Waals surface area contributed by atoms with Gasteiger partial charge < -0.3 is 5.32 Å². The molecule has 0 aromatic heterocycles. The van der Waals surface area contributed by atoms with Crippen LogP contribution in [-0.4, -0.2) is 11.2 Å². The second-order valence-electron chi connectivity index (χ2n) is 5.28. The molecule has 0 spiro atoms. The smallest absolute Gasteiger partial charge is 0.233 e. The Kier molecular flexibility index (Phi) is 5.45. The summed E-state index contributed by atoms with van der Waals surface area (Å²) in [6, 6.07) is 16.5. The summed E-state index contributed by atoms with van der Waals surface area (Å²) in [6.45, 7) is 6.64. The second-order valence-corrected chi connectivity index (χ2v) is 6.69. The molecule has 110 valence electrons. The summed E-state index contributed by atoms with van der Waals surface area (Å²) in [5, 5.41) is 2.90. The molecule has 0 aliphatic heterocycles. The highest BCUT2D eigenvalue weighted by Crippen LogP contribution is 2.23. The van der Waals surface area contributed by atoms with Crippen molar-refractivity contribution in [2.24, 2.45) is 0 Å². The number of hydrogen-bond donors (Lipinski definition) is 1. The van der Waals surface area contributed by atoms with Gasteiger partial charge in [-0.15, -0.1) is 11.8 Å². The highest BCUT2D eigenvalue weighted by Gasteiger charge is 2.13. The van der Waals surface area contributed by atoms with Crippen molar-refractivity contribution in [2.75, 3.05) is 0 Å². The molecule has 1 amide bonds. The first-order valence-electron chi connectivity index (χ1n) is 7.11. The molecular weight excluding hydrogens is 278 g/mol. The number of thioether (sulfide) groups is 1. The van der Waals surface area contributed by atoms with Gasteiger partial charge in [-0.25, -0.2) is 0 Å². The maximum atomic E-state index is 12.1. The van der Waals surface area contributed by atoms with E-state index >= 15 is 0 Å². The van der Waals surface area contributed by atoms with Gasteiger partial charge in [0.05, 0.1) is 5.25 Å². The van der Waals surface area contributed by atoms with Gasteiger partial charge in [-0.05, 0) is 38.5 Å². The van der Waals surface area contributed by atoms with Crippen molar-refractivity contribution in [3.63, 3.8) is 0 Å². The summed E-state index contributed by atoms with van der Waals surface area (Å²) in [6.07, 6.45) is 0. The maximum absolute atomic E-state index is 12.1. The van der Waals surface area contributed by atoms with Crippen molar-refractivity contribution >= 4 is 17.7 Å². The summed E-state index contributed by atoms with van der Waals surface area (Å²) in [4.78, 5) is 13.3. The van der Waals surface area contributed by atoms with E-state index in [0.717, 1.165) is 10.5 Å². The molecule has 0 aliphatic carbocycles. The van der Waals surface area contributed by atoms with Gasteiger partial charge in [-0.1, -0.05) is 47.5 Å². The average molecular weight is 299 g/mol. The van der Waals surface area contributed by atoms with E-state index in [-0.39, 0.29) is 11.2 Å². The monoisotopic (exact) mass is 299 g/mol. The minimum absolute atomic E-state index is 0.0714. The van der Waals surface area contributed by atoms with Crippen LogP contribution in [0.1, 0.15) is 23.6 Å². The van der Waals surface area contributed by atoms with Gasteiger partial charge in [-0.2, -0.15) is 0 Å². The van der Waals surface area contributed by atoms with Gasteiger partial charge >= 0.3 is 0 Å². The molecule has 2 aromatic rings. The summed E-state index contributed by atoms with van der Waals surface area (Å²) >= 11 is 1.59. The highest BCUT2D eigenvalue weighted by molar-refractivity contribution is 8.00. The average Bonchev–Trinajstić information content (AvgIpc) is 2.47. The SMILES string of the molecule is Cc1ccc(S[C@@H](C)C(=O)NCc2cccc(C)c2)cc1. The van der Waals surface area contributed by atoms with Crippen LogP contribution in [0.5, 0.6) is 0 Å². The molecule has 1 atom stereocenters. The molecule has 3 heteroatoms. The lowest BCUT2D eigenvalue weighted by Gasteiger charge is -2.12. The number of rotatable bonds is 5. The van der Waals surface area contributed by atoms with Gasteiger partial charge in [0.1, 0.15) is 0 Å². The zero-order chi connectivity index (χ0) is 15.2. The third kappa shape index (κ3) is 4.94. The number of amides is 1. The van der Waals surface area contributed by atoms with Crippen molar-refractivity contribution in [3.05, 3.63) is 65.2 Å². The lowest BCUT2D eigenvalue weighted by atomic mass is 10.1. The van der Waals surface area contributed by atoms with Gasteiger partial charge in [-0.3, -0.25) is 4.79 Å². The van der Waals surface area contributed by atoms with Crippen LogP contribution in [0.3, 0.4) is 0 Å². The minimum atomic E-state index is -0.0995. The maximum Gasteiger partial charge on any atom is 0.233 e. The molecule has 0 radical (unpaired) electrons. The molecule has 0 fully saturated rings. The Hall–Kier alpha value is -1.74.